The lowest BCUT2D eigenvalue weighted by Crippen LogP contribution is -2.52. The number of nitrogens with zero attached hydrogens (tertiary/aromatic N) is 1. The molecule has 0 heterocycles. The Morgan fingerprint density at radius 1 is 1.17 bits per heavy atom. The van der Waals surface area contributed by atoms with E-state index in [9.17, 15) is 9.70 Å². The fourth-order valence-corrected chi connectivity index (χ4v) is 6.69. The van der Waals surface area contributed by atoms with Crippen LogP contribution in [0.1, 0.15) is 79.6 Å². The number of fused-ring (bicyclic) bond motifs is 3. The second-order valence-electron chi connectivity index (χ2n) is 9.33. The number of nitroso groups, excluding NO2 is 1. The van der Waals surface area contributed by atoms with E-state index in [4.69, 9.17) is 0 Å². The zero-order chi connectivity index (χ0) is 17.8. The van der Waals surface area contributed by atoms with Crippen molar-refractivity contribution in [2.24, 2.45) is 33.8 Å². The van der Waals surface area contributed by atoms with Gasteiger partial charge in [-0.1, -0.05) is 31.5 Å². The molecule has 3 aliphatic carbocycles. The van der Waals surface area contributed by atoms with E-state index in [1.165, 1.54) is 18.4 Å². The Bertz CT molecular complexity index is 582. The average molecular weight is 332 g/mol. The van der Waals surface area contributed by atoms with Gasteiger partial charge in [-0.3, -0.25) is 4.79 Å². The van der Waals surface area contributed by atoms with Gasteiger partial charge in [-0.15, -0.1) is 0 Å². The fourth-order valence-electron chi connectivity index (χ4n) is 6.69. The molecule has 5 unspecified atom stereocenters. The number of rotatable bonds is 3. The van der Waals surface area contributed by atoms with Crippen LogP contribution in [0.15, 0.2) is 16.8 Å². The van der Waals surface area contributed by atoms with Gasteiger partial charge in [0.2, 0.25) is 0 Å². The van der Waals surface area contributed by atoms with E-state index in [2.05, 4.69) is 32.9 Å². The minimum absolute atomic E-state index is 0.0619. The Labute approximate surface area is 146 Å². The molecule has 0 aromatic carbocycles. The predicted octanol–water partition coefficient (Wildman–Crippen LogP) is 5.68. The molecule has 0 N–H and O–H groups in total. The molecule has 3 heteroatoms. The molecule has 24 heavy (non-hydrogen) atoms. The van der Waals surface area contributed by atoms with Crippen molar-refractivity contribution in [2.75, 3.05) is 0 Å². The first kappa shape index (κ1) is 17.8. The first-order valence-electron chi connectivity index (χ1n) is 9.78. The quantitative estimate of drug-likeness (QED) is 0.493. The third-order valence-electron chi connectivity index (χ3n) is 8.61. The minimum atomic E-state index is -0.388. The SMILES string of the molecule is CCC1(C)/C(=C\C(C)=O)CCC2C1CCC1(C)C2CC[C@]1(C)N=O. The highest BCUT2D eigenvalue weighted by Crippen LogP contribution is 2.67. The second kappa shape index (κ2) is 5.78. The molecule has 0 radical (unpaired) electrons. The van der Waals surface area contributed by atoms with Gasteiger partial charge >= 0.3 is 0 Å². The van der Waals surface area contributed by atoms with Crippen LogP contribution in [0.3, 0.4) is 0 Å². The van der Waals surface area contributed by atoms with Crippen LogP contribution in [0.2, 0.25) is 0 Å². The van der Waals surface area contributed by atoms with Gasteiger partial charge in [0, 0.05) is 0 Å². The first-order valence-corrected chi connectivity index (χ1v) is 9.78. The molecule has 0 aliphatic heterocycles. The van der Waals surface area contributed by atoms with Gasteiger partial charge in [0.25, 0.3) is 0 Å². The number of ketones is 1. The monoisotopic (exact) mass is 331 g/mol. The summed E-state index contributed by atoms with van der Waals surface area (Å²) >= 11 is 0. The average Bonchev–Trinajstić information content (AvgIpc) is 2.82. The van der Waals surface area contributed by atoms with Crippen molar-refractivity contribution in [1.82, 2.24) is 0 Å². The third-order valence-corrected chi connectivity index (χ3v) is 8.61. The topological polar surface area (TPSA) is 46.5 Å². The highest BCUT2D eigenvalue weighted by Gasteiger charge is 2.63. The van der Waals surface area contributed by atoms with Crippen LogP contribution in [0.5, 0.6) is 0 Å². The highest BCUT2D eigenvalue weighted by atomic mass is 16.3. The molecular formula is C21H33NO2. The maximum Gasteiger partial charge on any atom is 0.152 e. The number of hydrogen-bond donors (Lipinski definition) is 0. The molecular weight excluding hydrogens is 298 g/mol. The Morgan fingerprint density at radius 3 is 2.42 bits per heavy atom. The number of hydrogen-bond acceptors (Lipinski definition) is 3. The Kier molecular flexibility index (Phi) is 4.29. The Hall–Kier alpha value is -0.990. The van der Waals surface area contributed by atoms with Crippen molar-refractivity contribution in [1.29, 1.82) is 0 Å². The van der Waals surface area contributed by atoms with Gasteiger partial charge in [-0.25, -0.2) is 0 Å². The number of carbonyl (C=O) groups excluding carboxylic acids is 1. The smallest absolute Gasteiger partial charge is 0.152 e. The van der Waals surface area contributed by atoms with Gasteiger partial charge in [-0.05, 0) is 93.5 Å². The summed E-state index contributed by atoms with van der Waals surface area (Å²) < 4.78 is 0. The van der Waals surface area contributed by atoms with Gasteiger partial charge in [-0.2, -0.15) is 4.91 Å². The molecule has 0 bridgehead atoms. The van der Waals surface area contributed by atoms with Crippen LogP contribution in [0.25, 0.3) is 0 Å². The van der Waals surface area contributed by atoms with Crippen LogP contribution in [-0.2, 0) is 4.79 Å². The molecule has 134 valence electrons. The van der Waals surface area contributed by atoms with E-state index in [1.807, 2.05) is 6.08 Å². The van der Waals surface area contributed by atoms with Crippen molar-refractivity contribution < 1.29 is 4.79 Å². The van der Waals surface area contributed by atoms with E-state index in [-0.39, 0.29) is 22.2 Å². The third kappa shape index (κ3) is 2.26. The number of allylic oxidation sites excluding steroid dienone is 2. The summed E-state index contributed by atoms with van der Waals surface area (Å²) in [5.74, 6) is 2.13. The van der Waals surface area contributed by atoms with Crippen molar-refractivity contribution in [3.05, 3.63) is 16.6 Å². The summed E-state index contributed by atoms with van der Waals surface area (Å²) in [6, 6.07) is 0. The zero-order valence-electron chi connectivity index (χ0n) is 16.0. The summed E-state index contributed by atoms with van der Waals surface area (Å²) in [5, 5.41) is 3.62. The normalized spacial score (nSPS) is 49.5. The van der Waals surface area contributed by atoms with E-state index in [0.29, 0.717) is 17.8 Å². The van der Waals surface area contributed by atoms with Gasteiger partial charge in [0.05, 0.1) is 0 Å². The largest absolute Gasteiger partial charge is 0.295 e. The molecule has 0 aromatic heterocycles. The van der Waals surface area contributed by atoms with Crippen molar-refractivity contribution in [3.63, 3.8) is 0 Å². The summed E-state index contributed by atoms with van der Waals surface area (Å²) in [4.78, 5) is 23.3. The van der Waals surface area contributed by atoms with E-state index in [0.717, 1.165) is 32.1 Å². The second-order valence-corrected chi connectivity index (χ2v) is 9.33. The fraction of sp³-hybridized carbons (Fsp3) is 0.857. The van der Waals surface area contributed by atoms with Crippen LogP contribution in [0, 0.1) is 33.5 Å². The molecule has 3 rings (SSSR count). The van der Waals surface area contributed by atoms with E-state index >= 15 is 0 Å². The molecule has 3 aliphatic rings. The van der Waals surface area contributed by atoms with Crippen LogP contribution in [-0.4, -0.2) is 11.3 Å². The Morgan fingerprint density at radius 2 is 1.83 bits per heavy atom. The van der Waals surface area contributed by atoms with Crippen molar-refractivity contribution in [2.45, 2.75) is 85.1 Å². The molecule has 6 atom stereocenters. The van der Waals surface area contributed by atoms with Gasteiger partial charge in [0.1, 0.15) is 5.54 Å². The number of carbonyl (C=O) groups is 1. The molecule has 0 spiro atoms. The lowest BCUT2D eigenvalue weighted by Gasteiger charge is -2.58. The predicted molar refractivity (Wildman–Crippen MR) is 97.6 cm³/mol. The van der Waals surface area contributed by atoms with Crippen molar-refractivity contribution >= 4 is 5.78 Å². The van der Waals surface area contributed by atoms with Gasteiger partial charge in [0.15, 0.2) is 5.78 Å². The lowest BCUT2D eigenvalue weighted by atomic mass is 9.47. The minimum Gasteiger partial charge on any atom is -0.295 e. The lowest BCUT2D eigenvalue weighted by molar-refractivity contribution is -0.113. The first-order chi connectivity index (χ1) is 11.2. The van der Waals surface area contributed by atoms with Crippen molar-refractivity contribution in [3.8, 4) is 0 Å². The standard InChI is InChI=1S/C21H33NO2/c1-6-19(3)15(13-14(2)23)7-8-16-17(19)9-11-20(4)18(16)10-12-21(20,5)22-24/h13,16-18H,6-12H2,1-5H3/b15-13-/t16?,17?,18?,19?,20?,21-/m0/s1. The molecule has 0 aromatic rings. The summed E-state index contributed by atoms with van der Waals surface area (Å²) in [7, 11) is 0. The zero-order valence-corrected chi connectivity index (χ0v) is 16.0. The maximum atomic E-state index is 11.7. The highest BCUT2D eigenvalue weighted by molar-refractivity contribution is 5.88. The molecule has 3 saturated carbocycles. The Balaban J connectivity index is 1.96. The van der Waals surface area contributed by atoms with Crippen LogP contribution < -0.4 is 0 Å². The molecule has 3 nitrogen and oxygen atoms in total. The summed E-state index contributed by atoms with van der Waals surface area (Å²) in [5.41, 5.74) is 1.19. The van der Waals surface area contributed by atoms with E-state index in [1.54, 1.807) is 6.92 Å². The van der Waals surface area contributed by atoms with Crippen LogP contribution in [0.4, 0.5) is 0 Å². The molecule has 3 fully saturated rings. The summed E-state index contributed by atoms with van der Waals surface area (Å²) in [6.45, 7) is 10.7. The summed E-state index contributed by atoms with van der Waals surface area (Å²) in [6.07, 6.45) is 9.59. The molecule has 0 amide bonds. The maximum absolute atomic E-state index is 11.7. The van der Waals surface area contributed by atoms with Crippen LogP contribution >= 0.6 is 0 Å². The van der Waals surface area contributed by atoms with Gasteiger partial charge < -0.3 is 0 Å². The van der Waals surface area contributed by atoms with E-state index < -0.39 is 0 Å². The molecule has 0 saturated heterocycles.